The van der Waals surface area contributed by atoms with Crippen LogP contribution in [0.4, 0.5) is 8.78 Å². The molecule has 2 rings (SSSR count). The van der Waals surface area contributed by atoms with Crippen molar-refractivity contribution in [2.24, 2.45) is 0 Å². The van der Waals surface area contributed by atoms with Crippen molar-refractivity contribution in [2.75, 3.05) is 0 Å². The van der Waals surface area contributed by atoms with Gasteiger partial charge in [-0.25, -0.2) is 18.4 Å². The van der Waals surface area contributed by atoms with E-state index in [9.17, 15) is 18.4 Å². The normalized spacial score (nSPS) is 10.0. The predicted octanol–water partition coefficient (Wildman–Crippen LogP) is 1.75. The highest BCUT2D eigenvalue weighted by atomic mass is 19.1. The molecule has 0 fully saturated rings. The first-order valence-corrected chi connectivity index (χ1v) is 5.04. The minimum absolute atomic E-state index is 0.224. The molecule has 0 bridgehead atoms. The SMILES string of the molecule is O=C(OC(=O)c1cncc(F)c1)c1cncc(F)c1. The summed E-state index contributed by atoms with van der Waals surface area (Å²) in [4.78, 5) is 29.9. The van der Waals surface area contributed by atoms with Crippen LogP contribution >= 0.6 is 0 Å². The van der Waals surface area contributed by atoms with Crippen molar-refractivity contribution in [1.82, 2.24) is 9.97 Å². The zero-order valence-electron chi connectivity index (χ0n) is 9.34. The molecule has 0 N–H and O–H groups in total. The first kappa shape index (κ1) is 12.7. The number of hydrogen-bond acceptors (Lipinski definition) is 5. The number of nitrogens with zero attached hydrogens (tertiary/aromatic N) is 2. The van der Waals surface area contributed by atoms with E-state index in [1.807, 2.05) is 0 Å². The molecule has 2 heterocycles. The summed E-state index contributed by atoms with van der Waals surface area (Å²) in [6.45, 7) is 0. The highest BCUT2D eigenvalue weighted by molar-refractivity contribution is 6.02. The lowest BCUT2D eigenvalue weighted by Crippen LogP contribution is -2.13. The number of pyridine rings is 2. The second-order valence-electron chi connectivity index (χ2n) is 3.46. The van der Waals surface area contributed by atoms with Crippen molar-refractivity contribution >= 4 is 11.9 Å². The summed E-state index contributed by atoms with van der Waals surface area (Å²) in [6, 6.07) is 1.74. The van der Waals surface area contributed by atoms with Crippen molar-refractivity contribution in [1.29, 1.82) is 0 Å². The van der Waals surface area contributed by atoms with Crippen LogP contribution in [0.3, 0.4) is 0 Å². The summed E-state index contributed by atoms with van der Waals surface area (Å²) in [5.74, 6) is -3.65. The Hall–Kier alpha value is -2.70. The average molecular weight is 264 g/mol. The topological polar surface area (TPSA) is 69.2 Å². The maximum Gasteiger partial charge on any atom is 0.347 e. The van der Waals surface area contributed by atoms with E-state index < -0.39 is 23.6 Å². The van der Waals surface area contributed by atoms with Crippen molar-refractivity contribution in [2.45, 2.75) is 0 Å². The quantitative estimate of drug-likeness (QED) is 0.610. The van der Waals surface area contributed by atoms with E-state index >= 15 is 0 Å². The van der Waals surface area contributed by atoms with E-state index in [1.165, 1.54) is 0 Å². The van der Waals surface area contributed by atoms with Crippen molar-refractivity contribution < 1.29 is 23.1 Å². The molecule has 19 heavy (non-hydrogen) atoms. The Labute approximate surface area is 105 Å². The third-order valence-corrected chi connectivity index (χ3v) is 2.07. The minimum Gasteiger partial charge on any atom is -0.386 e. The second-order valence-corrected chi connectivity index (χ2v) is 3.46. The first-order chi connectivity index (χ1) is 9.06. The molecule has 0 unspecified atom stereocenters. The van der Waals surface area contributed by atoms with Gasteiger partial charge >= 0.3 is 11.9 Å². The molecular weight excluding hydrogens is 258 g/mol. The maximum absolute atomic E-state index is 12.8. The highest BCUT2D eigenvalue weighted by Crippen LogP contribution is 2.07. The number of carbonyl (C=O) groups excluding carboxylic acids is 2. The van der Waals surface area contributed by atoms with E-state index in [-0.39, 0.29) is 11.1 Å². The Balaban J connectivity index is 2.13. The third-order valence-electron chi connectivity index (χ3n) is 2.07. The van der Waals surface area contributed by atoms with E-state index in [0.29, 0.717) is 0 Å². The van der Waals surface area contributed by atoms with E-state index in [4.69, 9.17) is 0 Å². The van der Waals surface area contributed by atoms with Crippen LogP contribution < -0.4 is 0 Å². The number of halogens is 2. The van der Waals surface area contributed by atoms with Gasteiger partial charge in [-0.3, -0.25) is 9.97 Å². The number of rotatable bonds is 2. The maximum atomic E-state index is 12.8. The average Bonchev–Trinajstić information content (AvgIpc) is 2.38. The molecule has 0 aliphatic heterocycles. The Morgan fingerprint density at radius 3 is 1.63 bits per heavy atom. The predicted molar refractivity (Wildman–Crippen MR) is 58.1 cm³/mol. The molecule has 0 saturated heterocycles. The standard InChI is InChI=1S/C12H6F2N2O3/c13-9-1-7(3-15-5-9)11(17)19-12(18)8-2-10(14)6-16-4-8/h1-6H. The summed E-state index contributed by atoms with van der Waals surface area (Å²) < 4.78 is 30.1. The third kappa shape index (κ3) is 3.15. The lowest BCUT2D eigenvalue weighted by atomic mass is 10.2. The smallest absolute Gasteiger partial charge is 0.347 e. The second kappa shape index (κ2) is 5.30. The van der Waals surface area contributed by atoms with Crippen LogP contribution in [0, 0.1) is 11.6 Å². The Kier molecular flexibility index (Phi) is 3.56. The summed E-state index contributed by atoms with van der Waals surface area (Å²) in [5.41, 5.74) is -0.449. The summed E-state index contributed by atoms with van der Waals surface area (Å²) in [6.07, 6.45) is 3.88. The van der Waals surface area contributed by atoms with Crippen molar-refractivity contribution in [3.63, 3.8) is 0 Å². The Bertz CT molecular complexity index is 591. The molecule has 7 heteroatoms. The Morgan fingerprint density at radius 2 is 1.26 bits per heavy atom. The summed E-state index contributed by atoms with van der Waals surface area (Å²) in [5, 5.41) is 0. The van der Waals surface area contributed by atoms with E-state index in [0.717, 1.165) is 36.9 Å². The molecule has 0 amide bonds. The molecule has 2 aromatic heterocycles. The lowest BCUT2D eigenvalue weighted by molar-refractivity contribution is 0.0396. The molecule has 0 spiro atoms. The Morgan fingerprint density at radius 1 is 0.842 bits per heavy atom. The molecular formula is C12H6F2N2O3. The number of aromatic nitrogens is 2. The van der Waals surface area contributed by atoms with Gasteiger partial charge < -0.3 is 4.74 Å². The van der Waals surface area contributed by atoms with Crippen LogP contribution in [0.1, 0.15) is 20.7 Å². The van der Waals surface area contributed by atoms with Gasteiger partial charge in [0, 0.05) is 12.4 Å². The van der Waals surface area contributed by atoms with Crippen LogP contribution in [-0.2, 0) is 4.74 Å². The molecule has 0 aromatic carbocycles. The van der Waals surface area contributed by atoms with Gasteiger partial charge in [0.05, 0.1) is 23.5 Å². The number of carbonyl (C=O) groups is 2. The zero-order valence-corrected chi connectivity index (χ0v) is 9.34. The first-order valence-electron chi connectivity index (χ1n) is 5.04. The van der Waals surface area contributed by atoms with Gasteiger partial charge in [-0.05, 0) is 12.1 Å². The van der Waals surface area contributed by atoms with Crippen LogP contribution in [0.25, 0.3) is 0 Å². The molecule has 2 aromatic rings. The van der Waals surface area contributed by atoms with Gasteiger partial charge in [0.1, 0.15) is 11.6 Å². The molecule has 0 saturated carbocycles. The molecule has 0 radical (unpaired) electrons. The summed E-state index contributed by atoms with van der Waals surface area (Å²) in [7, 11) is 0. The molecule has 0 aliphatic rings. The van der Waals surface area contributed by atoms with Gasteiger partial charge in [0.15, 0.2) is 0 Å². The fraction of sp³-hybridized carbons (Fsp3) is 0. The molecule has 96 valence electrons. The molecule has 0 aliphatic carbocycles. The zero-order chi connectivity index (χ0) is 13.8. The van der Waals surface area contributed by atoms with Gasteiger partial charge in [-0.2, -0.15) is 0 Å². The largest absolute Gasteiger partial charge is 0.386 e. The van der Waals surface area contributed by atoms with Crippen LogP contribution in [-0.4, -0.2) is 21.9 Å². The van der Waals surface area contributed by atoms with E-state index in [2.05, 4.69) is 14.7 Å². The number of ether oxygens (including phenoxy) is 1. The van der Waals surface area contributed by atoms with Gasteiger partial charge in [-0.15, -0.1) is 0 Å². The number of hydrogen-bond donors (Lipinski definition) is 0. The van der Waals surface area contributed by atoms with E-state index in [1.54, 1.807) is 0 Å². The van der Waals surface area contributed by atoms with Crippen LogP contribution in [0.5, 0.6) is 0 Å². The molecule has 5 nitrogen and oxygen atoms in total. The summed E-state index contributed by atoms with van der Waals surface area (Å²) >= 11 is 0. The van der Waals surface area contributed by atoms with Crippen molar-refractivity contribution in [3.05, 3.63) is 59.7 Å². The minimum atomic E-state index is -1.08. The fourth-order valence-corrected chi connectivity index (χ4v) is 1.25. The number of esters is 2. The van der Waals surface area contributed by atoms with Crippen LogP contribution in [0.15, 0.2) is 36.9 Å². The van der Waals surface area contributed by atoms with Gasteiger partial charge in [-0.1, -0.05) is 0 Å². The van der Waals surface area contributed by atoms with Crippen molar-refractivity contribution in [3.8, 4) is 0 Å². The van der Waals surface area contributed by atoms with Crippen LogP contribution in [0.2, 0.25) is 0 Å². The lowest BCUT2D eigenvalue weighted by Gasteiger charge is -2.02. The molecule has 0 atom stereocenters. The van der Waals surface area contributed by atoms with Gasteiger partial charge in [0.2, 0.25) is 0 Å². The monoisotopic (exact) mass is 264 g/mol. The highest BCUT2D eigenvalue weighted by Gasteiger charge is 2.16. The van der Waals surface area contributed by atoms with Gasteiger partial charge in [0.25, 0.3) is 0 Å². The fourth-order valence-electron chi connectivity index (χ4n) is 1.25.